The molecule has 84 valence electrons. The summed E-state index contributed by atoms with van der Waals surface area (Å²) in [6, 6.07) is 5.82. The number of halogens is 3. The van der Waals surface area contributed by atoms with E-state index in [-0.39, 0.29) is 0 Å². The first-order chi connectivity index (χ1) is 7.50. The van der Waals surface area contributed by atoms with Crippen molar-refractivity contribution in [3.8, 4) is 0 Å². The minimum atomic E-state index is -4.31. The molecule has 2 nitrogen and oxygen atoms in total. The maximum atomic E-state index is 12.4. The molecule has 0 radical (unpaired) electrons. The van der Waals surface area contributed by atoms with Gasteiger partial charge in [0.25, 0.3) is 0 Å². The van der Waals surface area contributed by atoms with Crippen molar-refractivity contribution in [1.82, 2.24) is 0 Å². The zero-order chi connectivity index (χ0) is 11.8. The van der Waals surface area contributed by atoms with Crippen LogP contribution in [0.3, 0.4) is 0 Å². The van der Waals surface area contributed by atoms with Crippen molar-refractivity contribution in [3.63, 3.8) is 0 Å². The van der Waals surface area contributed by atoms with Gasteiger partial charge in [-0.2, -0.15) is 13.2 Å². The summed E-state index contributed by atoms with van der Waals surface area (Å²) in [5.41, 5.74) is 0.561. The van der Waals surface area contributed by atoms with Crippen molar-refractivity contribution in [2.24, 2.45) is 5.16 Å². The SMILES string of the molecule is ON=Cc1ccc2cc(C(F)(F)F)sc2c1. The van der Waals surface area contributed by atoms with E-state index in [1.807, 2.05) is 0 Å². The van der Waals surface area contributed by atoms with Gasteiger partial charge in [-0.1, -0.05) is 17.3 Å². The van der Waals surface area contributed by atoms with Crippen LogP contribution in [0, 0.1) is 0 Å². The van der Waals surface area contributed by atoms with Gasteiger partial charge in [-0.15, -0.1) is 11.3 Å². The number of benzene rings is 1. The number of thiophene rings is 1. The molecule has 0 aliphatic rings. The summed E-state index contributed by atoms with van der Waals surface area (Å²) in [6.45, 7) is 0. The summed E-state index contributed by atoms with van der Waals surface area (Å²) in [5.74, 6) is 0. The van der Waals surface area contributed by atoms with Gasteiger partial charge in [0.2, 0.25) is 0 Å². The predicted octanol–water partition coefficient (Wildman–Crippen LogP) is 3.73. The third-order valence-electron chi connectivity index (χ3n) is 2.03. The number of fused-ring (bicyclic) bond motifs is 1. The number of hydrogen-bond donors (Lipinski definition) is 1. The molecule has 0 saturated carbocycles. The fourth-order valence-corrected chi connectivity index (χ4v) is 2.31. The molecule has 0 amide bonds. The molecule has 0 fully saturated rings. The molecule has 0 aliphatic carbocycles. The predicted molar refractivity (Wildman–Crippen MR) is 56.2 cm³/mol. The average Bonchev–Trinajstić information content (AvgIpc) is 2.60. The van der Waals surface area contributed by atoms with Gasteiger partial charge < -0.3 is 5.21 Å². The van der Waals surface area contributed by atoms with Crippen LogP contribution in [-0.2, 0) is 6.18 Å². The smallest absolute Gasteiger partial charge is 0.411 e. The summed E-state index contributed by atoms with van der Waals surface area (Å²) >= 11 is 0.676. The molecule has 0 atom stereocenters. The van der Waals surface area contributed by atoms with E-state index in [4.69, 9.17) is 5.21 Å². The lowest BCUT2D eigenvalue weighted by Gasteiger charge is -1.99. The highest BCUT2D eigenvalue weighted by molar-refractivity contribution is 7.19. The summed E-state index contributed by atoms with van der Waals surface area (Å²) in [5, 5.41) is 11.7. The maximum absolute atomic E-state index is 12.4. The number of alkyl halides is 3. The Kier molecular flexibility index (Phi) is 2.59. The molecule has 0 spiro atoms. The van der Waals surface area contributed by atoms with Crippen molar-refractivity contribution < 1.29 is 18.4 Å². The van der Waals surface area contributed by atoms with Gasteiger partial charge in [0, 0.05) is 4.70 Å². The standard InChI is InChI=1S/C10H6F3NOS/c11-10(12,13)9-4-7-2-1-6(5-14-15)3-8(7)16-9/h1-5,15H. The van der Waals surface area contributed by atoms with Gasteiger partial charge in [-0.05, 0) is 23.1 Å². The molecule has 1 aromatic carbocycles. The van der Waals surface area contributed by atoms with E-state index in [9.17, 15) is 13.2 Å². The van der Waals surface area contributed by atoms with Crippen LogP contribution in [0.1, 0.15) is 10.4 Å². The topological polar surface area (TPSA) is 32.6 Å². The molecule has 1 N–H and O–H groups in total. The maximum Gasteiger partial charge on any atom is 0.425 e. The van der Waals surface area contributed by atoms with E-state index >= 15 is 0 Å². The second kappa shape index (κ2) is 3.79. The largest absolute Gasteiger partial charge is 0.425 e. The number of oxime groups is 1. The Labute approximate surface area is 92.6 Å². The van der Waals surface area contributed by atoms with Crippen LogP contribution in [0.2, 0.25) is 0 Å². The van der Waals surface area contributed by atoms with Crippen LogP contribution in [-0.4, -0.2) is 11.4 Å². The summed E-state index contributed by atoms with van der Waals surface area (Å²) in [7, 11) is 0. The Bertz CT molecular complexity index is 544. The Balaban J connectivity index is 2.54. The molecule has 0 aliphatic heterocycles. The molecule has 0 unspecified atom stereocenters. The average molecular weight is 245 g/mol. The van der Waals surface area contributed by atoms with Gasteiger partial charge in [0.15, 0.2) is 0 Å². The summed E-state index contributed by atoms with van der Waals surface area (Å²) in [6.07, 6.45) is -3.14. The molecule has 6 heteroatoms. The van der Waals surface area contributed by atoms with E-state index < -0.39 is 11.1 Å². The lowest BCUT2D eigenvalue weighted by molar-refractivity contribution is -0.134. The Morgan fingerprint density at radius 1 is 1.25 bits per heavy atom. The molecule has 1 heterocycles. The van der Waals surface area contributed by atoms with E-state index in [1.165, 1.54) is 6.21 Å². The van der Waals surface area contributed by atoms with Gasteiger partial charge in [0.1, 0.15) is 4.88 Å². The third-order valence-corrected chi connectivity index (χ3v) is 3.17. The fourth-order valence-electron chi connectivity index (χ4n) is 1.33. The van der Waals surface area contributed by atoms with E-state index in [1.54, 1.807) is 18.2 Å². The number of hydrogen-bond acceptors (Lipinski definition) is 3. The minimum Gasteiger partial charge on any atom is -0.411 e. The Morgan fingerprint density at radius 3 is 2.62 bits per heavy atom. The van der Waals surface area contributed by atoms with Gasteiger partial charge >= 0.3 is 6.18 Å². The Hall–Kier alpha value is -1.56. The van der Waals surface area contributed by atoms with Crippen molar-refractivity contribution in [2.75, 3.05) is 0 Å². The first-order valence-corrected chi connectivity index (χ1v) is 5.10. The fraction of sp³-hybridized carbons (Fsp3) is 0.100. The van der Waals surface area contributed by atoms with Crippen LogP contribution in [0.4, 0.5) is 13.2 Å². The second-order valence-corrected chi connectivity index (χ2v) is 4.23. The highest BCUT2D eigenvalue weighted by atomic mass is 32.1. The van der Waals surface area contributed by atoms with E-state index in [2.05, 4.69) is 5.16 Å². The minimum absolute atomic E-state index is 0.518. The van der Waals surface area contributed by atoms with E-state index in [0.29, 0.717) is 27.0 Å². The van der Waals surface area contributed by atoms with Crippen molar-refractivity contribution >= 4 is 27.6 Å². The number of nitrogens with zero attached hydrogens (tertiary/aromatic N) is 1. The zero-order valence-corrected chi connectivity index (χ0v) is 8.64. The van der Waals surface area contributed by atoms with Crippen molar-refractivity contribution in [3.05, 3.63) is 34.7 Å². The molecular formula is C10H6F3NOS. The third kappa shape index (κ3) is 2.01. The Morgan fingerprint density at radius 2 is 2.00 bits per heavy atom. The highest BCUT2D eigenvalue weighted by Crippen LogP contribution is 2.38. The van der Waals surface area contributed by atoms with Gasteiger partial charge in [0.05, 0.1) is 6.21 Å². The van der Waals surface area contributed by atoms with Crippen LogP contribution < -0.4 is 0 Å². The lowest BCUT2D eigenvalue weighted by Crippen LogP contribution is -2.00. The summed E-state index contributed by atoms with van der Waals surface area (Å²) < 4.78 is 37.8. The number of rotatable bonds is 1. The van der Waals surface area contributed by atoms with Crippen molar-refractivity contribution in [2.45, 2.75) is 6.18 Å². The molecule has 2 rings (SSSR count). The zero-order valence-electron chi connectivity index (χ0n) is 7.82. The second-order valence-electron chi connectivity index (χ2n) is 3.15. The van der Waals surface area contributed by atoms with Crippen LogP contribution >= 0.6 is 11.3 Å². The molecule has 0 saturated heterocycles. The first kappa shape index (κ1) is 10.9. The van der Waals surface area contributed by atoms with E-state index in [0.717, 1.165) is 6.07 Å². The van der Waals surface area contributed by atoms with Crippen LogP contribution in [0.15, 0.2) is 29.4 Å². The highest BCUT2D eigenvalue weighted by Gasteiger charge is 2.32. The monoisotopic (exact) mass is 245 g/mol. The van der Waals surface area contributed by atoms with Crippen LogP contribution in [0.25, 0.3) is 10.1 Å². The van der Waals surface area contributed by atoms with Crippen molar-refractivity contribution in [1.29, 1.82) is 0 Å². The normalized spacial score (nSPS) is 12.7. The van der Waals surface area contributed by atoms with Gasteiger partial charge in [-0.25, -0.2) is 0 Å². The molecule has 16 heavy (non-hydrogen) atoms. The molecule has 0 bridgehead atoms. The molecular weight excluding hydrogens is 239 g/mol. The quantitative estimate of drug-likeness (QED) is 0.463. The van der Waals surface area contributed by atoms with Crippen LogP contribution in [0.5, 0.6) is 0 Å². The summed E-state index contributed by atoms with van der Waals surface area (Å²) in [4.78, 5) is -0.624. The van der Waals surface area contributed by atoms with Gasteiger partial charge in [-0.3, -0.25) is 0 Å². The molecule has 1 aromatic heterocycles. The first-order valence-electron chi connectivity index (χ1n) is 4.29. The molecule has 2 aromatic rings. The lowest BCUT2D eigenvalue weighted by atomic mass is 10.2.